The van der Waals surface area contributed by atoms with Gasteiger partial charge in [-0.1, -0.05) is 35.6 Å². The van der Waals surface area contributed by atoms with Crippen molar-refractivity contribution < 1.29 is 22.7 Å². The fourth-order valence-electron chi connectivity index (χ4n) is 3.42. The number of thiazole rings is 1. The molecule has 4 aromatic rings. The first-order valence-corrected chi connectivity index (χ1v) is 12.0. The van der Waals surface area contributed by atoms with E-state index in [1.807, 2.05) is 28.8 Å². The van der Waals surface area contributed by atoms with E-state index in [0.29, 0.717) is 34.0 Å². The second-order valence-corrected chi connectivity index (χ2v) is 9.59. The molecule has 0 aliphatic rings. The van der Waals surface area contributed by atoms with E-state index in [0.717, 1.165) is 16.3 Å². The summed E-state index contributed by atoms with van der Waals surface area (Å²) in [5.74, 6) is -0.0319. The highest BCUT2D eigenvalue weighted by Crippen LogP contribution is 2.27. The van der Waals surface area contributed by atoms with Gasteiger partial charge in [0.25, 0.3) is 5.91 Å². The number of benzene rings is 3. The zero-order chi connectivity index (χ0) is 22.9. The molecule has 0 saturated carbocycles. The lowest BCUT2D eigenvalue weighted by Crippen LogP contribution is -2.19. The molecular weight excluding hydrogens is 450 g/mol. The van der Waals surface area contributed by atoms with Crippen molar-refractivity contribution in [3.8, 4) is 5.75 Å². The first-order valence-electron chi connectivity index (χ1n) is 9.63. The number of primary sulfonamides is 1. The summed E-state index contributed by atoms with van der Waals surface area (Å²) in [7, 11) is -0.765. The van der Waals surface area contributed by atoms with Crippen LogP contribution in [0.5, 0.6) is 5.75 Å². The number of fused-ring (bicyclic) bond motifs is 2. The standard InChI is InChI=1S/C22H21N3O5S2/c1-29-10-9-25-18-8-7-16(32(23,27)28)13-20(18)31-22(25)24-21(26)17-11-14-5-3-4-6-15(14)12-19(17)30-2/h3-8,11-13H,9-10H2,1-2H3,(H2,23,27,28). The third-order valence-corrected chi connectivity index (χ3v) is 6.95. The molecule has 10 heteroatoms. The monoisotopic (exact) mass is 471 g/mol. The van der Waals surface area contributed by atoms with Crippen LogP contribution in [0.3, 0.4) is 0 Å². The molecule has 1 heterocycles. The Labute approximate surface area is 188 Å². The van der Waals surface area contributed by atoms with E-state index in [1.165, 1.54) is 30.6 Å². The lowest BCUT2D eigenvalue weighted by molar-refractivity contribution is 0.0994. The number of nitrogens with two attached hydrogens (primary N) is 1. The van der Waals surface area contributed by atoms with Gasteiger partial charge < -0.3 is 14.0 Å². The zero-order valence-corrected chi connectivity index (χ0v) is 19.1. The first-order chi connectivity index (χ1) is 15.3. The summed E-state index contributed by atoms with van der Waals surface area (Å²) in [5, 5.41) is 7.11. The molecule has 0 radical (unpaired) electrons. The molecule has 4 rings (SSSR count). The summed E-state index contributed by atoms with van der Waals surface area (Å²) in [6.07, 6.45) is 0. The van der Waals surface area contributed by atoms with E-state index in [-0.39, 0.29) is 4.90 Å². The van der Waals surface area contributed by atoms with E-state index in [9.17, 15) is 13.2 Å². The molecular formula is C22H21N3O5S2. The smallest absolute Gasteiger partial charge is 0.283 e. The molecule has 0 aliphatic heterocycles. The number of hydrogen-bond acceptors (Lipinski definition) is 6. The van der Waals surface area contributed by atoms with Gasteiger partial charge in [0, 0.05) is 13.7 Å². The van der Waals surface area contributed by atoms with Crippen LogP contribution in [-0.4, -0.2) is 39.7 Å². The van der Waals surface area contributed by atoms with Crippen LogP contribution in [0.4, 0.5) is 0 Å². The van der Waals surface area contributed by atoms with Gasteiger partial charge in [-0.25, -0.2) is 13.6 Å². The minimum Gasteiger partial charge on any atom is -0.496 e. The number of carbonyl (C=O) groups is 1. The SMILES string of the molecule is COCCn1c(=NC(=O)c2cc3ccccc3cc2OC)sc2cc(S(N)(=O)=O)ccc21. The molecule has 8 nitrogen and oxygen atoms in total. The number of hydrogen-bond donors (Lipinski definition) is 1. The highest BCUT2D eigenvalue weighted by Gasteiger charge is 2.16. The molecule has 0 saturated heterocycles. The Morgan fingerprint density at radius 1 is 1.09 bits per heavy atom. The van der Waals surface area contributed by atoms with Crippen molar-refractivity contribution in [2.24, 2.45) is 10.1 Å². The van der Waals surface area contributed by atoms with Gasteiger partial charge in [0.15, 0.2) is 4.80 Å². The van der Waals surface area contributed by atoms with Gasteiger partial charge in [0.1, 0.15) is 5.75 Å². The van der Waals surface area contributed by atoms with Crippen LogP contribution >= 0.6 is 11.3 Å². The maximum atomic E-state index is 13.2. The van der Waals surface area contributed by atoms with E-state index >= 15 is 0 Å². The summed E-state index contributed by atoms with van der Waals surface area (Å²) >= 11 is 1.20. The third kappa shape index (κ3) is 4.30. The maximum Gasteiger partial charge on any atom is 0.283 e. The summed E-state index contributed by atoms with van der Waals surface area (Å²) < 4.78 is 36.6. The van der Waals surface area contributed by atoms with Gasteiger partial charge in [-0.3, -0.25) is 4.79 Å². The van der Waals surface area contributed by atoms with Crippen molar-refractivity contribution in [2.45, 2.75) is 11.4 Å². The Balaban J connectivity index is 1.88. The fraction of sp³-hybridized carbons (Fsp3) is 0.182. The van der Waals surface area contributed by atoms with Crippen LogP contribution < -0.4 is 14.7 Å². The number of ether oxygens (including phenoxy) is 2. The van der Waals surface area contributed by atoms with Crippen molar-refractivity contribution in [3.05, 3.63) is 65.0 Å². The number of nitrogens with zero attached hydrogens (tertiary/aromatic N) is 2. The second-order valence-electron chi connectivity index (χ2n) is 7.02. The second kappa shape index (κ2) is 8.83. The van der Waals surface area contributed by atoms with Crippen molar-refractivity contribution >= 4 is 48.3 Å². The molecule has 1 amide bonds. The van der Waals surface area contributed by atoms with Crippen LogP contribution in [0, 0.1) is 0 Å². The van der Waals surface area contributed by atoms with E-state index in [2.05, 4.69) is 4.99 Å². The maximum absolute atomic E-state index is 13.2. The highest BCUT2D eigenvalue weighted by atomic mass is 32.2. The largest absolute Gasteiger partial charge is 0.496 e. The number of methoxy groups -OCH3 is 2. The lowest BCUT2D eigenvalue weighted by Gasteiger charge is -2.08. The van der Waals surface area contributed by atoms with Gasteiger partial charge in [0.2, 0.25) is 10.0 Å². The van der Waals surface area contributed by atoms with E-state index in [4.69, 9.17) is 14.6 Å². The lowest BCUT2D eigenvalue weighted by atomic mass is 10.1. The number of rotatable bonds is 6. The molecule has 1 aromatic heterocycles. The van der Waals surface area contributed by atoms with Gasteiger partial charge in [-0.05, 0) is 41.1 Å². The predicted molar refractivity (Wildman–Crippen MR) is 123 cm³/mol. The van der Waals surface area contributed by atoms with Crippen molar-refractivity contribution in [3.63, 3.8) is 0 Å². The van der Waals surface area contributed by atoms with Gasteiger partial charge in [-0.15, -0.1) is 0 Å². The molecule has 166 valence electrons. The van der Waals surface area contributed by atoms with Gasteiger partial charge in [0.05, 0.1) is 34.4 Å². The number of amides is 1. The van der Waals surface area contributed by atoms with Crippen LogP contribution in [0.2, 0.25) is 0 Å². The number of sulfonamides is 1. The summed E-state index contributed by atoms with van der Waals surface area (Å²) in [6.45, 7) is 0.829. The zero-order valence-electron chi connectivity index (χ0n) is 17.4. The quantitative estimate of drug-likeness (QED) is 0.465. The highest BCUT2D eigenvalue weighted by molar-refractivity contribution is 7.89. The first kappa shape index (κ1) is 22.2. The van der Waals surface area contributed by atoms with Gasteiger partial charge >= 0.3 is 0 Å². The van der Waals surface area contributed by atoms with Crippen LogP contribution in [0.15, 0.2) is 64.5 Å². The van der Waals surface area contributed by atoms with Crippen LogP contribution in [0.25, 0.3) is 21.0 Å². The molecule has 0 bridgehead atoms. The van der Waals surface area contributed by atoms with E-state index < -0.39 is 15.9 Å². The number of aromatic nitrogens is 1. The average Bonchev–Trinajstić information content (AvgIpc) is 3.12. The molecule has 0 fully saturated rings. The normalized spacial score (nSPS) is 12.5. The molecule has 3 aromatic carbocycles. The average molecular weight is 472 g/mol. The van der Waals surface area contributed by atoms with Crippen LogP contribution in [0.1, 0.15) is 10.4 Å². The van der Waals surface area contributed by atoms with Crippen molar-refractivity contribution in [2.75, 3.05) is 20.8 Å². The Morgan fingerprint density at radius 3 is 2.47 bits per heavy atom. The molecule has 32 heavy (non-hydrogen) atoms. The molecule has 2 N–H and O–H groups in total. The third-order valence-electron chi connectivity index (χ3n) is 5.00. The Kier molecular flexibility index (Phi) is 6.11. The molecule has 0 aliphatic carbocycles. The topological polar surface area (TPSA) is 113 Å². The van der Waals surface area contributed by atoms with Crippen molar-refractivity contribution in [1.29, 1.82) is 0 Å². The van der Waals surface area contributed by atoms with Crippen LogP contribution in [-0.2, 0) is 21.3 Å². The molecule has 0 spiro atoms. The van der Waals surface area contributed by atoms with E-state index in [1.54, 1.807) is 25.3 Å². The summed E-state index contributed by atoms with van der Waals surface area (Å²) in [5.41, 5.74) is 1.07. The van der Waals surface area contributed by atoms with Gasteiger partial charge in [-0.2, -0.15) is 4.99 Å². The minimum atomic E-state index is -3.85. The Hall–Kier alpha value is -3.05. The minimum absolute atomic E-state index is 0.000725. The fourth-order valence-corrected chi connectivity index (χ4v) is 5.13. The summed E-state index contributed by atoms with van der Waals surface area (Å²) in [4.78, 5) is 17.9. The Bertz CT molecular complexity index is 1500. The Morgan fingerprint density at radius 2 is 1.81 bits per heavy atom. The molecule has 0 atom stereocenters. The molecule has 0 unspecified atom stereocenters. The summed E-state index contributed by atoms with van der Waals surface area (Å²) in [6, 6.07) is 15.8. The predicted octanol–water partition coefficient (Wildman–Crippen LogP) is 2.90. The number of carbonyl (C=O) groups excluding carboxylic acids is 1. The van der Waals surface area contributed by atoms with Crippen molar-refractivity contribution in [1.82, 2.24) is 4.57 Å².